The summed E-state index contributed by atoms with van der Waals surface area (Å²) in [7, 11) is 1.54. The van der Waals surface area contributed by atoms with E-state index in [0.29, 0.717) is 28.1 Å². The van der Waals surface area contributed by atoms with E-state index in [1.807, 2.05) is 6.07 Å². The Morgan fingerprint density at radius 1 is 1.07 bits per heavy atom. The van der Waals surface area contributed by atoms with E-state index in [-0.39, 0.29) is 30.1 Å². The summed E-state index contributed by atoms with van der Waals surface area (Å²) in [6.07, 6.45) is 0.168. The molecule has 3 rings (SSSR count). The molecule has 0 radical (unpaired) electrons. The minimum absolute atomic E-state index is 0.0680. The summed E-state index contributed by atoms with van der Waals surface area (Å²) in [5.74, 6) is 0.216. The van der Waals surface area contributed by atoms with Gasteiger partial charge < -0.3 is 15.0 Å². The highest BCUT2D eigenvalue weighted by Crippen LogP contribution is 2.18. The number of hydrogen-bond donors (Lipinski definition) is 2. The largest absolute Gasteiger partial charge is 0.497 e. The van der Waals surface area contributed by atoms with Crippen LogP contribution in [0.25, 0.3) is 10.9 Å². The van der Waals surface area contributed by atoms with Crippen LogP contribution in [-0.4, -0.2) is 23.8 Å². The first kappa shape index (κ1) is 18.4. The number of amides is 1. The lowest BCUT2D eigenvalue weighted by Crippen LogP contribution is -2.14. The molecule has 2 aromatic carbocycles. The average Bonchev–Trinajstić information content (AvgIpc) is 2.67. The van der Waals surface area contributed by atoms with E-state index in [2.05, 4.69) is 10.3 Å². The second-order valence-electron chi connectivity index (χ2n) is 6.29. The van der Waals surface area contributed by atoms with Gasteiger partial charge in [0.25, 0.3) is 5.56 Å². The molecule has 1 heterocycles. The molecule has 138 valence electrons. The van der Waals surface area contributed by atoms with E-state index < -0.39 is 0 Å². The number of methoxy groups -OCH3 is 1. The van der Waals surface area contributed by atoms with Crippen LogP contribution >= 0.6 is 0 Å². The molecule has 0 bridgehead atoms. The first-order valence-electron chi connectivity index (χ1n) is 8.57. The number of aromatic amines is 1. The lowest BCUT2D eigenvalue weighted by Gasteiger charge is -2.07. The fraction of sp³-hybridized carbons (Fsp3) is 0.190. The molecule has 0 unspecified atom stereocenters. The maximum atomic E-state index is 12.2. The van der Waals surface area contributed by atoms with E-state index in [0.717, 1.165) is 5.39 Å². The number of ketones is 1. The molecule has 0 atom stereocenters. The second kappa shape index (κ2) is 7.86. The van der Waals surface area contributed by atoms with Gasteiger partial charge >= 0.3 is 0 Å². The Kier molecular flexibility index (Phi) is 5.35. The number of carbonyl (C=O) groups is 2. The van der Waals surface area contributed by atoms with Crippen LogP contribution in [0.15, 0.2) is 53.3 Å². The smallest absolute Gasteiger partial charge is 0.251 e. The molecule has 1 aromatic heterocycles. The fourth-order valence-corrected chi connectivity index (χ4v) is 2.78. The molecule has 0 saturated carbocycles. The SMILES string of the molecule is COc1cccc(C(=O)CCC(=O)Nc2ccc3cc(C)c(=O)[nH]c3c2)c1. The van der Waals surface area contributed by atoms with E-state index in [4.69, 9.17) is 4.74 Å². The number of carbonyl (C=O) groups excluding carboxylic acids is 2. The lowest BCUT2D eigenvalue weighted by atomic mass is 10.1. The molecule has 1 amide bonds. The van der Waals surface area contributed by atoms with Gasteiger partial charge in [0.1, 0.15) is 5.75 Å². The van der Waals surface area contributed by atoms with E-state index in [9.17, 15) is 14.4 Å². The van der Waals surface area contributed by atoms with Gasteiger partial charge in [-0.15, -0.1) is 0 Å². The van der Waals surface area contributed by atoms with Crippen LogP contribution in [0.2, 0.25) is 0 Å². The first-order valence-corrected chi connectivity index (χ1v) is 8.57. The Labute approximate surface area is 156 Å². The number of pyridine rings is 1. The van der Waals surface area contributed by atoms with Crippen molar-refractivity contribution in [3.05, 3.63) is 70.0 Å². The van der Waals surface area contributed by atoms with E-state index in [1.165, 1.54) is 7.11 Å². The maximum absolute atomic E-state index is 12.2. The quantitative estimate of drug-likeness (QED) is 0.656. The van der Waals surface area contributed by atoms with Crippen LogP contribution < -0.4 is 15.6 Å². The molecule has 3 aromatic rings. The van der Waals surface area contributed by atoms with Gasteiger partial charge in [0.05, 0.1) is 12.6 Å². The van der Waals surface area contributed by atoms with Crippen molar-refractivity contribution in [2.45, 2.75) is 19.8 Å². The summed E-state index contributed by atoms with van der Waals surface area (Å²) in [4.78, 5) is 38.9. The van der Waals surface area contributed by atoms with Crippen LogP contribution in [0, 0.1) is 6.92 Å². The number of benzene rings is 2. The third-order valence-electron chi connectivity index (χ3n) is 4.29. The van der Waals surface area contributed by atoms with Crippen molar-refractivity contribution in [2.75, 3.05) is 12.4 Å². The van der Waals surface area contributed by atoms with Gasteiger partial charge in [0.15, 0.2) is 5.78 Å². The number of rotatable bonds is 6. The van der Waals surface area contributed by atoms with Crippen molar-refractivity contribution in [2.24, 2.45) is 0 Å². The van der Waals surface area contributed by atoms with Gasteiger partial charge in [-0.1, -0.05) is 18.2 Å². The molecule has 6 nitrogen and oxygen atoms in total. The molecule has 0 fully saturated rings. The number of Topliss-reactive ketones (excluding diaryl/α,β-unsaturated/α-hetero) is 1. The zero-order valence-corrected chi connectivity index (χ0v) is 15.2. The number of hydrogen-bond acceptors (Lipinski definition) is 4. The number of H-pyrrole nitrogens is 1. The van der Waals surface area contributed by atoms with Gasteiger partial charge in [0, 0.05) is 29.7 Å². The highest BCUT2D eigenvalue weighted by atomic mass is 16.5. The van der Waals surface area contributed by atoms with Gasteiger partial charge in [-0.2, -0.15) is 0 Å². The van der Waals surface area contributed by atoms with Crippen molar-refractivity contribution >= 4 is 28.3 Å². The standard InChI is InChI=1S/C21H20N2O4/c1-13-10-14-6-7-16(12-18(14)23-21(13)26)22-20(25)9-8-19(24)15-4-3-5-17(11-15)27-2/h3-7,10-12H,8-9H2,1-2H3,(H,22,25)(H,23,26). The third kappa shape index (κ3) is 4.41. The normalized spacial score (nSPS) is 10.6. The Morgan fingerprint density at radius 3 is 2.67 bits per heavy atom. The molecular weight excluding hydrogens is 344 g/mol. The Balaban J connectivity index is 1.63. The third-order valence-corrected chi connectivity index (χ3v) is 4.29. The summed E-state index contributed by atoms with van der Waals surface area (Å²) < 4.78 is 5.10. The summed E-state index contributed by atoms with van der Waals surface area (Å²) in [5.41, 5.74) is 2.21. The second-order valence-corrected chi connectivity index (χ2v) is 6.29. The van der Waals surface area contributed by atoms with E-state index >= 15 is 0 Å². The lowest BCUT2D eigenvalue weighted by molar-refractivity contribution is -0.116. The number of anilines is 1. The Morgan fingerprint density at radius 2 is 1.89 bits per heavy atom. The highest BCUT2D eigenvalue weighted by molar-refractivity contribution is 6.00. The number of aryl methyl sites for hydroxylation is 1. The van der Waals surface area contributed by atoms with Gasteiger partial charge in [-0.05, 0) is 42.6 Å². The molecule has 0 spiro atoms. The van der Waals surface area contributed by atoms with Gasteiger partial charge in [0.2, 0.25) is 5.91 Å². The van der Waals surface area contributed by atoms with Gasteiger partial charge in [-0.25, -0.2) is 0 Å². The Bertz CT molecular complexity index is 1070. The molecule has 2 N–H and O–H groups in total. The molecule has 0 saturated heterocycles. The predicted molar refractivity (Wildman–Crippen MR) is 104 cm³/mol. The van der Waals surface area contributed by atoms with Crippen molar-refractivity contribution < 1.29 is 14.3 Å². The number of fused-ring (bicyclic) bond motifs is 1. The molecule has 0 aliphatic carbocycles. The number of aromatic nitrogens is 1. The minimum Gasteiger partial charge on any atom is -0.497 e. The zero-order chi connectivity index (χ0) is 19.4. The average molecular weight is 364 g/mol. The minimum atomic E-state index is -0.264. The van der Waals surface area contributed by atoms with Crippen LogP contribution in [0.1, 0.15) is 28.8 Å². The Hall–Kier alpha value is -3.41. The van der Waals surface area contributed by atoms with Crippen molar-refractivity contribution in [1.82, 2.24) is 4.98 Å². The topological polar surface area (TPSA) is 88.3 Å². The maximum Gasteiger partial charge on any atom is 0.251 e. The number of ether oxygens (including phenoxy) is 1. The van der Waals surface area contributed by atoms with Crippen LogP contribution in [0.4, 0.5) is 5.69 Å². The van der Waals surface area contributed by atoms with Gasteiger partial charge in [-0.3, -0.25) is 14.4 Å². The van der Waals surface area contributed by atoms with Crippen LogP contribution in [0.3, 0.4) is 0 Å². The van der Waals surface area contributed by atoms with Crippen molar-refractivity contribution in [1.29, 1.82) is 0 Å². The molecular formula is C21H20N2O4. The molecule has 0 aliphatic rings. The molecule has 0 aliphatic heterocycles. The van der Waals surface area contributed by atoms with E-state index in [1.54, 1.807) is 49.4 Å². The van der Waals surface area contributed by atoms with Crippen molar-refractivity contribution in [3.8, 4) is 5.75 Å². The summed E-state index contributed by atoms with van der Waals surface area (Å²) in [5, 5.41) is 3.65. The van der Waals surface area contributed by atoms with Crippen molar-refractivity contribution in [3.63, 3.8) is 0 Å². The monoisotopic (exact) mass is 364 g/mol. The highest BCUT2D eigenvalue weighted by Gasteiger charge is 2.11. The van der Waals surface area contributed by atoms with Crippen LogP contribution in [0.5, 0.6) is 5.75 Å². The van der Waals surface area contributed by atoms with Crippen LogP contribution in [-0.2, 0) is 4.79 Å². The zero-order valence-electron chi connectivity index (χ0n) is 15.2. The molecule has 27 heavy (non-hydrogen) atoms. The fourth-order valence-electron chi connectivity index (χ4n) is 2.78. The molecule has 6 heteroatoms. The predicted octanol–water partition coefficient (Wildman–Crippen LogP) is 3.45. The summed E-state index contributed by atoms with van der Waals surface area (Å²) >= 11 is 0. The summed E-state index contributed by atoms with van der Waals surface area (Å²) in [6.45, 7) is 1.74. The number of nitrogens with one attached hydrogen (secondary N) is 2. The first-order chi connectivity index (χ1) is 13.0. The summed E-state index contributed by atoms with van der Waals surface area (Å²) in [6, 6.07) is 14.0.